The molecule has 19 heavy (non-hydrogen) atoms. The fourth-order valence-corrected chi connectivity index (χ4v) is 1.89. The summed E-state index contributed by atoms with van der Waals surface area (Å²) in [6.07, 6.45) is 3.33. The van der Waals surface area contributed by atoms with Gasteiger partial charge < -0.3 is 4.74 Å². The Hall–Kier alpha value is -2.09. The molecule has 0 aromatic heterocycles. The molecule has 0 amide bonds. The first-order valence-corrected chi connectivity index (χ1v) is 6.66. The van der Waals surface area contributed by atoms with Gasteiger partial charge in [-0.1, -0.05) is 43.7 Å². The SMILES string of the molecule is CCCCc1cccc(OC(=O)c2ccccc2)c1. The van der Waals surface area contributed by atoms with Crippen LogP contribution < -0.4 is 4.74 Å². The van der Waals surface area contributed by atoms with Crippen molar-refractivity contribution in [2.45, 2.75) is 26.2 Å². The van der Waals surface area contributed by atoms with E-state index >= 15 is 0 Å². The van der Waals surface area contributed by atoms with Gasteiger partial charge >= 0.3 is 5.97 Å². The zero-order chi connectivity index (χ0) is 13.5. The van der Waals surface area contributed by atoms with Gasteiger partial charge in [0.15, 0.2) is 0 Å². The number of benzene rings is 2. The average Bonchev–Trinajstić information content (AvgIpc) is 2.46. The van der Waals surface area contributed by atoms with E-state index in [-0.39, 0.29) is 5.97 Å². The van der Waals surface area contributed by atoms with Crippen molar-refractivity contribution in [3.8, 4) is 5.75 Å². The second kappa shape index (κ2) is 6.74. The molecule has 0 bridgehead atoms. The van der Waals surface area contributed by atoms with Crippen molar-refractivity contribution in [2.24, 2.45) is 0 Å². The molecule has 2 heteroatoms. The molecule has 0 radical (unpaired) electrons. The molecular formula is C17H18O2. The molecule has 0 heterocycles. The molecule has 0 aliphatic rings. The Morgan fingerprint density at radius 1 is 1.05 bits per heavy atom. The number of unbranched alkanes of at least 4 members (excludes halogenated alkanes) is 1. The van der Waals surface area contributed by atoms with Crippen molar-refractivity contribution in [1.29, 1.82) is 0 Å². The highest BCUT2D eigenvalue weighted by molar-refractivity contribution is 5.90. The van der Waals surface area contributed by atoms with E-state index in [9.17, 15) is 4.79 Å². The van der Waals surface area contributed by atoms with E-state index < -0.39 is 0 Å². The third-order valence-corrected chi connectivity index (χ3v) is 2.94. The Morgan fingerprint density at radius 3 is 2.58 bits per heavy atom. The first-order valence-electron chi connectivity index (χ1n) is 6.66. The summed E-state index contributed by atoms with van der Waals surface area (Å²) in [7, 11) is 0. The van der Waals surface area contributed by atoms with Gasteiger partial charge in [-0.05, 0) is 42.7 Å². The maximum Gasteiger partial charge on any atom is 0.343 e. The topological polar surface area (TPSA) is 26.3 Å². The Kier molecular flexibility index (Phi) is 4.73. The first kappa shape index (κ1) is 13.3. The maximum atomic E-state index is 11.9. The number of ether oxygens (including phenoxy) is 1. The predicted octanol–water partition coefficient (Wildman–Crippen LogP) is 4.25. The molecule has 0 spiro atoms. The summed E-state index contributed by atoms with van der Waals surface area (Å²) >= 11 is 0. The van der Waals surface area contributed by atoms with Crippen LogP contribution in [0.15, 0.2) is 54.6 Å². The number of hydrogen-bond donors (Lipinski definition) is 0. The van der Waals surface area contributed by atoms with E-state index in [2.05, 4.69) is 13.0 Å². The summed E-state index contributed by atoms with van der Waals surface area (Å²) < 4.78 is 5.38. The van der Waals surface area contributed by atoms with Crippen LogP contribution in [0.1, 0.15) is 35.7 Å². The summed E-state index contributed by atoms with van der Waals surface area (Å²) in [5, 5.41) is 0. The van der Waals surface area contributed by atoms with Crippen LogP contribution in [0.2, 0.25) is 0 Å². The Morgan fingerprint density at radius 2 is 1.84 bits per heavy atom. The van der Waals surface area contributed by atoms with Gasteiger partial charge in [0, 0.05) is 0 Å². The Balaban J connectivity index is 2.05. The predicted molar refractivity (Wildman–Crippen MR) is 76.5 cm³/mol. The number of carbonyl (C=O) groups is 1. The molecule has 0 N–H and O–H groups in total. The van der Waals surface area contributed by atoms with Gasteiger partial charge in [-0.25, -0.2) is 4.79 Å². The van der Waals surface area contributed by atoms with Crippen LogP contribution >= 0.6 is 0 Å². The van der Waals surface area contributed by atoms with Crippen LogP contribution in [-0.4, -0.2) is 5.97 Å². The zero-order valence-electron chi connectivity index (χ0n) is 11.1. The number of hydrogen-bond acceptors (Lipinski definition) is 2. The standard InChI is InChI=1S/C17H18O2/c1-2-3-8-14-9-7-12-16(13-14)19-17(18)15-10-5-4-6-11-15/h4-7,9-13H,2-3,8H2,1H3. The van der Waals surface area contributed by atoms with Gasteiger partial charge in [-0.2, -0.15) is 0 Å². The lowest BCUT2D eigenvalue weighted by atomic mass is 10.1. The highest BCUT2D eigenvalue weighted by Crippen LogP contribution is 2.16. The lowest BCUT2D eigenvalue weighted by Crippen LogP contribution is -2.08. The van der Waals surface area contributed by atoms with E-state index in [4.69, 9.17) is 4.74 Å². The average molecular weight is 254 g/mol. The van der Waals surface area contributed by atoms with Gasteiger partial charge in [0.05, 0.1) is 5.56 Å². The third-order valence-electron chi connectivity index (χ3n) is 2.94. The van der Waals surface area contributed by atoms with E-state index in [1.807, 2.05) is 36.4 Å². The van der Waals surface area contributed by atoms with Gasteiger partial charge in [-0.3, -0.25) is 0 Å². The normalized spacial score (nSPS) is 10.2. The summed E-state index contributed by atoms with van der Waals surface area (Å²) in [4.78, 5) is 11.9. The van der Waals surface area contributed by atoms with E-state index in [0.29, 0.717) is 11.3 Å². The van der Waals surface area contributed by atoms with Crippen LogP contribution in [0.5, 0.6) is 5.75 Å². The Labute approximate surface area is 114 Å². The van der Waals surface area contributed by atoms with E-state index in [1.54, 1.807) is 12.1 Å². The van der Waals surface area contributed by atoms with Crippen LogP contribution in [0, 0.1) is 0 Å². The van der Waals surface area contributed by atoms with E-state index in [1.165, 1.54) is 5.56 Å². The zero-order valence-corrected chi connectivity index (χ0v) is 11.1. The second-order valence-corrected chi connectivity index (χ2v) is 4.51. The molecule has 0 atom stereocenters. The molecule has 98 valence electrons. The van der Waals surface area contributed by atoms with Crippen molar-refractivity contribution in [3.05, 3.63) is 65.7 Å². The summed E-state index contributed by atoms with van der Waals surface area (Å²) in [5.74, 6) is 0.302. The van der Waals surface area contributed by atoms with Crippen LogP contribution in [0.3, 0.4) is 0 Å². The molecule has 0 saturated carbocycles. The van der Waals surface area contributed by atoms with Crippen molar-refractivity contribution in [2.75, 3.05) is 0 Å². The van der Waals surface area contributed by atoms with Gasteiger partial charge in [0.2, 0.25) is 0 Å². The first-order chi connectivity index (χ1) is 9.29. The molecule has 0 saturated heterocycles. The van der Waals surface area contributed by atoms with Gasteiger partial charge in [-0.15, -0.1) is 0 Å². The van der Waals surface area contributed by atoms with Crippen LogP contribution in [0.4, 0.5) is 0 Å². The number of esters is 1. The maximum absolute atomic E-state index is 11.9. The van der Waals surface area contributed by atoms with Crippen molar-refractivity contribution >= 4 is 5.97 Å². The largest absolute Gasteiger partial charge is 0.423 e. The molecule has 0 aliphatic heterocycles. The van der Waals surface area contributed by atoms with Gasteiger partial charge in [0.25, 0.3) is 0 Å². The second-order valence-electron chi connectivity index (χ2n) is 4.51. The molecule has 2 aromatic rings. The Bertz CT molecular complexity index is 532. The molecule has 0 fully saturated rings. The minimum Gasteiger partial charge on any atom is -0.423 e. The quantitative estimate of drug-likeness (QED) is 0.589. The van der Waals surface area contributed by atoms with Crippen LogP contribution in [-0.2, 0) is 6.42 Å². The highest BCUT2D eigenvalue weighted by atomic mass is 16.5. The minimum atomic E-state index is -0.312. The lowest BCUT2D eigenvalue weighted by Gasteiger charge is -2.06. The number of aryl methyl sites for hydroxylation is 1. The van der Waals surface area contributed by atoms with Crippen molar-refractivity contribution in [3.63, 3.8) is 0 Å². The van der Waals surface area contributed by atoms with Crippen molar-refractivity contribution in [1.82, 2.24) is 0 Å². The smallest absolute Gasteiger partial charge is 0.343 e. The highest BCUT2D eigenvalue weighted by Gasteiger charge is 2.07. The molecule has 2 nitrogen and oxygen atoms in total. The summed E-state index contributed by atoms with van der Waals surface area (Å²) in [6.45, 7) is 2.17. The molecule has 2 rings (SSSR count). The van der Waals surface area contributed by atoms with Crippen LogP contribution in [0.25, 0.3) is 0 Å². The monoisotopic (exact) mass is 254 g/mol. The molecule has 0 unspecified atom stereocenters. The number of carbonyl (C=O) groups excluding carboxylic acids is 1. The fraction of sp³-hybridized carbons (Fsp3) is 0.235. The molecule has 2 aromatic carbocycles. The van der Waals surface area contributed by atoms with Gasteiger partial charge in [0.1, 0.15) is 5.75 Å². The summed E-state index contributed by atoms with van der Waals surface area (Å²) in [6, 6.07) is 16.8. The lowest BCUT2D eigenvalue weighted by molar-refractivity contribution is 0.0734. The molecular weight excluding hydrogens is 236 g/mol. The van der Waals surface area contributed by atoms with Crippen molar-refractivity contribution < 1.29 is 9.53 Å². The minimum absolute atomic E-state index is 0.312. The third kappa shape index (κ3) is 3.95. The summed E-state index contributed by atoms with van der Waals surface area (Å²) in [5.41, 5.74) is 1.78. The van der Waals surface area contributed by atoms with E-state index in [0.717, 1.165) is 19.3 Å². The molecule has 0 aliphatic carbocycles. The number of rotatable bonds is 5. The fourth-order valence-electron chi connectivity index (χ4n) is 1.89.